The van der Waals surface area contributed by atoms with E-state index in [0.29, 0.717) is 52.5 Å². The molecule has 8 nitrogen and oxygen atoms in total. The zero-order valence-corrected chi connectivity index (χ0v) is 24.2. The molecule has 4 aromatic rings. The van der Waals surface area contributed by atoms with Gasteiger partial charge in [-0.05, 0) is 79.9 Å². The fourth-order valence-corrected chi connectivity index (χ4v) is 6.37. The van der Waals surface area contributed by atoms with Gasteiger partial charge in [0.25, 0.3) is 5.78 Å². The standard InChI is InChI=1S/C32H29FN2O6S/c1-4-12-40-24-11-6-18(15-25(24)39-5-2)28-27(29(36)19-7-10-23-20(14-19)13-17(3)41-23)30(37)31(38)35(28)32-34-22-9-8-21(33)16-26(22)42-32/h6-11,14-17,28,36H,4-5,12-13H2,1-3H3/b29-27+/t17-,28+/m1/s1. The van der Waals surface area contributed by atoms with Gasteiger partial charge in [0.2, 0.25) is 0 Å². The first-order valence-corrected chi connectivity index (χ1v) is 14.7. The predicted octanol–water partition coefficient (Wildman–Crippen LogP) is 6.57. The molecule has 3 heterocycles. The highest BCUT2D eigenvalue weighted by Crippen LogP contribution is 2.46. The van der Waals surface area contributed by atoms with Crippen molar-refractivity contribution < 1.29 is 33.3 Å². The van der Waals surface area contributed by atoms with Crippen molar-refractivity contribution in [3.63, 3.8) is 0 Å². The second kappa shape index (κ2) is 11.1. The van der Waals surface area contributed by atoms with Gasteiger partial charge in [-0.3, -0.25) is 14.5 Å². The van der Waals surface area contributed by atoms with Crippen molar-refractivity contribution in [1.29, 1.82) is 0 Å². The molecule has 0 unspecified atom stereocenters. The molecule has 1 amide bonds. The summed E-state index contributed by atoms with van der Waals surface area (Å²) in [5, 5.41) is 11.8. The normalized spacial score (nSPS) is 19.3. The van der Waals surface area contributed by atoms with Crippen LogP contribution in [0.2, 0.25) is 0 Å². The molecule has 1 aromatic heterocycles. The second-order valence-electron chi connectivity index (χ2n) is 10.2. The molecule has 0 spiro atoms. The highest BCUT2D eigenvalue weighted by molar-refractivity contribution is 7.22. The fraction of sp³-hybridized carbons (Fsp3) is 0.281. The summed E-state index contributed by atoms with van der Waals surface area (Å²) in [4.78, 5) is 33.2. The Balaban J connectivity index is 1.53. The van der Waals surface area contributed by atoms with E-state index in [-0.39, 0.29) is 22.6 Å². The molecule has 0 aliphatic carbocycles. The van der Waals surface area contributed by atoms with Gasteiger partial charge in [-0.25, -0.2) is 9.37 Å². The van der Waals surface area contributed by atoms with Gasteiger partial charge < -0.3 is 19.3 Å². The number of nitrogens with zero attached hydrogens (tertiary/aromatic N) is 2. The number of rotatable bonds is 8. The number of hydrogen-bond acceptors (Lipinski definition) is 8. The number of halogens is 1. The average molecular weight is 589 g/mol. The lowest BCUT2D eigenvalue weighted by atomic mass is 9.94. The summed E-state index contributed by atoms with van der Waals surface area (Å²) in [5.74, 6) is -0.732. The number of hydrogen-bond donors (Lipinski definition) is 1. The number of ether oxygens (including phenoxy) is 3. The van der Waals surface area contributed by atoms with Crippen molar-refractivity contribution in [3.8, 4) is 17.2 Å². The van der Waals surface area contributed by atoms with Gasteiger partial charge in [-0.2, -0.15) is 0 Å². The molecule has 0 saturated carbocycles. The number of carbonyl (C=O) groups is 2. The number of amides is 1. The van der Waals surface area contributed by atoms with Gasteiger partial charge in [-0.1, -0.05) is 24.3 Å². The van der Waals surface area contributed by atoms with Crippen LogP contribution in [-0.4, -0.2) is 41.1 Å². The van der Waals surface area contributed by atoms with Crippen LogP contribution < -0.4 is 19.1 Å². The third-order valence-corrected chi connectivity index (χ3v) is 8.22. The van der Waals surface area contributed by atoms with E-state index in [1.165, 1.54) is 23.1 Å². The van der Waals surface area contributed by atoms with Crippen molar-refractivity contribution >= 4 is 44.1 Å². The minimum Gasteiger partial charge on any atom is -0.507 e. The van der Waals surface area contributed by atoms with Gasteiger partial charge in [0.1, 0.15) is 23.4 Å². The Morgan fingerprint density at radius 1 is 1.10 bits per heavy atom. The third-order valence-electron chi connectivity index (χ3n) is 7.20. The van der Waals surface area contributed by atoms with E-state index in [4.69, 9.17) is 14.2 Å². The quantitative estimate of drug-likeness (QED) is 0.141. The number of ketones is 1. The Labute approximate surface area is 246 Å². The van der Waals surface area contributed by atoms with Crippen molar-refractivity contribution in [3.05, 3.63) is 82.7 Å². The lowest BCUT2D eigenvalue weighted by molar-refractivity contribution is -0.132. The number of fused-ring (bicyclic) bond motifs is 2. The van der Waals surface area contributed by atoms with Crippen molar-refractivity contribution in [1.82, 2.24) is 4.98 Å². The summed E-state index contributed by atoms with van der Waals surface area (Å²) in [6, 6.07) is 13.5. The Morgan fingerprint density at radius 2 is 1.93 bits per heavy atom. The van der Waals surface area contributed by atoms with Crippen molar-refractivity contribution in [2.24, 2.45) is 0 Å². The van der Waals surface area contributed by atoms with E-state index in [2.05, 4.69) is 4.98 Å². The summed E-state index contributed by atoms with van der Waals surface area (Å²) in [6.07, 6.45) is 1.46. The van der Waals surface area contributed by atoms with Gasteiger partial charge in [-0.15, -0.1) is 0 Å². The van der Waals surface area contributed by atoms with E-state index in [0.717, 1.165) is 29.1 Å². The number of carbonyl (C=O) groups excluding carboxylic acids is 2. The molecule has 2 aliphatic rings. The number of anilines is 1. The van der Waals surface area contributed by atoms with E-state index in [1.807, 2.05) is 20.8 Å². The van der Waals surface area contributed by atoms with Gasteiger partial charge in [0.05, 0.1) is 35.0 Å². The highest BCUT2D eigenvalue weighted by Gasteiger charge is 2.48. The van der Waals surface area contributed by atoms with Gasteiger partial charge in [0, 0.05) is 12.0 Å². The molecule has 2 atom stereocenters. The van der Waals surface area contributed by atoms with Crippen LogP contribution in [0.15, 0.2) is 60.2 Å². The van der Waals surface area contributed by atoms with Crippen molar-refractivity contribution in [2.45, 2.75) is 45.8 Å². The average Bonchev–Trinajstić information content (AvgIpc) is 3.63. The Kier molecular flexibility index (Phi) is 7.32. The SMILES string of the molecule is CCCOc1ccc([C@H]2/C(=C(\O)c3ccc4c(c3)C[C@@H](C)O4)C(=O)C(=O)N2c2nc3ccc(F)cc3s2)cc1OCC. The molecule has 0 bridgehead atoms. The summed E-state index contributed by atoms with van der Waals surface area (Å²) in [6.45, 7) is 6.66. The summed E-state index contributed by atoms with van der Waals surface area (Å²) in [5.41, 5.74) is 2.23. The maximum atomic E-state index is 14.0. The Morgan fingerprint density at radius 3 is 2.71 bits per heavy atom. The lowest BCUT2D eigenvalue weighted by Crippen LogP contribution is -2.29. The van der Waals surface area contributed by atoms with Crippen LogP contribution in [0.25, 0.3) is 16.0 Å². The minimum atomic E-state index is -1.03. The van der Waals surface area contributed by atoms with Crippen LogP contribution in [0.4, 0.5) is 9.52 Å². The summed E-state index contributed by atoms with van der Waals surface area (Å²) >= 11 is 1.09. The largest absolute Gasteiger partial charge is 0.507 e. The molecular weight excluding hydrogens is 559 g/mol. The summed E-state index contributed by atoms with van der Waals surface area (Å²) in [7, 11) is 0. The Hall–Kier alpha value is -4.44. The smallest absolute Gasteiger partial charge is 0.301 e. The minimum absolute atomic E-state index is 0.00252. The molecule has 6 rings (SSSR count). The molecule has 2 aliphatic heterocycles. The number of aromatic nitrogens is 1. The van der Waals surface area contributed by atoms with Crippen molar-refractivity contribution in [2.75, 3.05) is 18.1 Å². The van der Waals surface area contributed by atoms with E-state index < -0.39 is 23.5 Å². The molecule has 216 valence electrons. The first-order chi connectivity index (χ1) is 20.3. The monoisotopic (exact) mass is 588 g/mol. The maximum Gasteiger partial charge on any atom is 0.301 e. The van der Waals surface area contributed by atoms with E-state index in [9.17, 15) is 19.1 Å². The van der Waals surface area contributed by atoms with Crippen LogP contribution in [0.5, 0.6) is 17.2 Å². The number of thiazole rings is 1. The molecule has 1 N–H and O–H groups in total. The molecular formula is C32H29FN2O6S. The molecule has 3 aromatic carbocycles. The predicted molar refractivity (Wildman–Crippen MR) is 158 cm³/mol. The lowest BCUT2D eigenvalue weighted by Gasteiger charge is -2.24. The number of aliphatic hydroxyl groups is 1. The second-order valence-corrected chi connectivity index (χ2v) is 11.2. The van der Waals surface area contributed by atoms with E-state index in [1.54, 1.807) is 36.4 Å². The third kappa shape index (κ3) is 4.85. The molecule has 10 heteroatoms. The Bertz CT molecular complexity index is 1750. The summed E-state index contributed by atoms with van der Waals surface area (Å²) < 4.78 is 32.0. The molecule has 0 radical (unpaired) electrons. The highest BCUT2D eigenvalue weighted by atomic mass is 32.1. The first-order valence-electron chi connectivity index (χ1n) is 13.9. The van der Waals surface area contributed by atoms with Crippen LogP contribution in [0, 0.1) is 5.82 Å². The van der Waals surface area contributed by atoms with Crippen LogP contribution in [-0.2, 0) is 16.0 Å². The zero-order chi connectivity index (χ0) is 29.5. The molecule has 1 saturated heterocycles. The maximum absolute atomic E-state index is 14.0. The van der Waals surface area contributed by atoms with Gasteiger partial charge >= 0.3 is 5.91 Å². The van der Waals surface area contributed by atoms with Crippen LogP contribution >= 0.6 is 11.3 Å². The molecule has 42 heavy (non-hydrogen) atoms. The number of benzene rings is 3. The number of Topliss-reactive ketones (excluding diaryl/α,β-unsaturated/α-hetero) is 1. The topological polar surface area (TPSA) is 98.2 Å². The zero-order valence-electron chi connectivity index (χ0n) is 23.3. The van der Waals surface area contributed by atoms with E-state index >= 15 is 0 Å². The first kappa shape index (κ1) is 27.7. The van der Waals surface area contributed by atoms with Crippen LogP contribution in [0.3, 0.4) is 0 Å². The molecule has 1 fully saturated rings. The number of aliphatic hydroxyl groups excluding tert-OH is 1. The fourth-order valence-electron chi connectivity index (χ4n) is 5.35. The van der Waals surface area contributed by atoms with Crippen LogP contribution in [0.1, 0.15) is 49.9 Å². The van der Waals surface area contributed by atoms with Gasteiger partial charge in [0.15, 0.2) is 16.6 Å².